The SMILES string of the molecule is CCC(C)n1c(SCCN2CCCC2=O)nc2sc3c(c2c1=O)CCCCC3. The van der Waals surface area contributed by atoms with Crippen LogP contribution in [0.3, 0.4) is 0 Å². The first-order valence-electron chi connectivity index (χ1n) is 10.6. The van der Waals surface area contributed by atoms with Gasteiger partial charge in [0.05, 0.1) is 5.39 Å². The zero-order chi connectivity index (χ0) is 19.7. The van der Waals surface area contributed by atoms with E-state index in [1.54, 1.807) is 23.1 Å². The quantitative estimate of drug-likeness (QED) is 0.395. The van der Waals surface area contributed by atoms with Gasteiger partial charge in [-0.05, 0) is 51.0 Å². The number of aryl methyl sites for hydroxylation is 2. The van der Waals surface area contributed by atoms with E-state index in [-0.39, 0.29) is 17.5 Å². The Morgan fingerprint density at radius 2 is 1.96 bits per heavy atom. The molecule has 2 aromatic rings. The highest BCUT2D eigenvalue weighted by Crippen LogP contribution is 2.34. The maximum Gasteiger partial charge on any atom is 0.263 e. The molecule has 1 aliphatic carbocycles. The second-order valence-electron chi connectivity index (χ2n) is 7.90. The number of rotatable bonds is 6. The first-order valence-corrected chi connectivity index (χ1v) is 12.4. The predicted molar refractivity (Wildman–Crippen MR) is 117 cm³/mol. The second kappa shape index (κ2) is 8.57. The van der Waals surface area contributed by atoms with Crippen molar-refractivity contribution in [1.82, 2.24) is 14.5 Å². The Morgan fingerprint density at radius 3 is 2.71 bits per heavy atom. The number of carbonyl (C=O) groups excluding carboxylic acids is 1. The molecular formula is C21H29N3O2S2. The van der Waals surface area contributed by atoms with Gasteiger partial charge < -0.3 is 4.90 Å². The number of nitrogens with zero attached hydrogens (tertiary/aromatic N) is 3. The van der Waals surface area contributed by atoms with Crippen LogP contribution in [-0.2, 0) is 17.6 Å². The lowest BCUT2D eigenvalue weighted by molar-refractivity contribution is -0.127. The van der Waals surface area contributed by atoms with Gasteiger partial charge in [0.2, 0.25) is 5.91 Å². The Kier molecular flexibility index (Phi) is 6.11. The van der Waals surface area contributed by atoms with E-state index in [1.165, 1.54) is 29.7 Å². The molecule has 2 aromatic heterocycles. The van der Waals surface area contributed by atoms with Crippen LogP contribution < -0.4 is 5.56 Å². The molecule has 0 saturated carbocycles. The summed E-state index contributed by atoms with van der Waals surface area (Å²) in [5, 5.41) is 1.69. The molecule has 3 heterocycles. The molecule has 4 rings (SSSR count). The van der Waals surface area contributed by atoms with Crippen molar-refractivity contribution in [3.63, 3.8) is 0 Å². The molecule has 0 bridgehead atoms. The van der Waals surface area contributed by atoms with E-state index in [2.05, 4.69) is 13.8 Å². The van der Waals surface area contributed by atoms with Crippen LogP contribution in [0, 0.1) is 0 Å². The Labute approximate surface area is 174 Å². The van der Waals surface area contributed by atoms with Crippen molar-refractivity contribution in [1.29, 1.82) is 0 Å². The average Bonchev–Trinajstić information content (AvgIpc) is 3.17. The summed E-state index contributed by atoms with van der Waals surface area (Å²) >= 11 is 3.35. The maximum absolute atomic E-state index is 13.5. The molecule has 5 nitrogen and oxygen atoms in total. The number of likely N-dealkylation sites (tertiary alicyclic amines) is 1. The number of hydrogen-bond acceptors (Lipinski definition) is 5. The Balaban J connectivity index is 1.68. The van der Waals surface area contributed by atoms with E-state index in [0.29, 0.717) is 6.42 Å². The van der Waals surface area contributed by atoms with E-state index in [9.17, 15) is 9.59 Å². The second-order valence-corrected chi connectivity index (χ2v) is 10.0. The molecule has 1 aliphatic heterocycles. The van der Waals surface area contributed by atoms with Crippen molar-refractivity contribution >= 4 is 39.2 Å². The maximum atomic E-state index is 13.5. The van der Waals surface area contributed by atoms with Crippen molar-refractivity contribution in [2.75, 3.05) is 18.8 Å². The van der Waals surface area contributed by atoms with Gasteiger partial charge in [-0.2, -0.15) is 0 Å². The first-order chi connectivity index (χ1) is 13.6. The summed E-state index contributed by atoms with van der Waals surface area (Å²) in [7, 11) is 0. The number of thiophene rings is 1. The van der Waals surface area contributed by atoms with Crippen molar-refractivity contribution in [3.8, 4) is 0 Å². The summed E-state index contributed by atoms with van der Waals surface area (Å²) < 4.78 is 1.91. The van der Waals surface area contributed by atoms with Crippen molar-refractivity contribution in [3.05, 3.63) is 20.8 Å². The van der Waals surface area contributed by atoms with E-state index in [4.69, 9.17) is 4.98 Å². The van der Waals surface area contributed by atoms with E-state index < -0.39 is 0 Å². The van der Waals surface area contributed by atoms with Crippen LogP contribution in [0.25, 0.3) is 10.2 Å². The fourth-order valence-corrected chi connectivity index (χ4v) is 6.60. The summed E-state index contributed by atoms with van der Waals surface area (Å²) in [4.78, 5) is 34.6. The molecule has 0 N–H and O–H groups in total. The van der Waals surface area contributed by atoms with Gasteiger partial charge in [-0.3, -0.25) is 14.2 Å². The van der Waals surface area contributed by atoms with Crippen LogP contribution >= 0.6 is 23.1 Å². The summed E-state index contributed by atoms with van der Waals surface area (Å²) in [6.07, 6.45) is 8.26. The van der Waals surface area contributed by atoms with Crippen LogP contribution in [0.4, 0.5) is 0 Å². The zero-order valence-corrected chi connectivity index (χ0v) is 18.5. The summed E-state index contributed by atoms with van der Waals surface area (Å²) in [6, 6.07) is 0.127. The highest BCUT2D eigenvalue weighted by atomic mass is 32.2. The van der Waals surface area contributed by atoms with Crippen LogP contribution in [-0.4, -0.2) is 39.2 Å². The predicted octanol–water partition coefficient (Wildman–Crippen LogP) is 4.41. The molecule has 1 unspecified atom stereocenters. The van der Waals surface area contributed by atoms with Crippen LogP contribution in [0.15, 0.2) is 9.95 Å². The van der Waals surface area contributed by atoms with Crippen molar-refractivity contribution in [2.24, 2.45) is 0 Å². The van der Waals surface area contributed by atoms with E-state index in [1.807, 2.05) is 9.47 Å². The molecule has 2 aliphatic rings. The fourth-order valence-electron chi connectivity index (χ4n) is 4.24. The minimum absolute atomic E-state index is 0.127. The minimum atomic E-state index is 0.127. The van der Waals surface area contributed by atoms with Gasteiger partial charge in [0.1, 0.15) is 4.83 Å². The molecule has 0 aromatic carbocycles. The largest absolute Gasteiger partial charge is 0.342 e. The molecule has 0 spiro atoms. The highest BCUT2D eigenvalue weighted by Gasteiger charge is 2.24. The number of aromatic nitrogens is 2. The third-order valence-electron chi connectivity index (χ3n) is 6.03. The third kappa shape index (κ3) is 3.75. The van der Waals surface area contributed by atoms with Crippen molar-refractivity contribution < 1.29 is 4.79 Å². The van der Waals surface area contributed by atoms with Gasteiger partial charge in [-0.25, -0.2) is 4.98 Å². The molecule has 1 fully saturated rings. The lowest BCUT2D eigenvalue weighted by Gasteiger charge is -2.19. The molecular weight excluding hydrogens is 390 g/mol. The van der Waals surface area contributed by atoms with Gasteiger partial charge in [-0.1, -0.05) is 25.1 Å². The van der Waals surface area contributed by atoms with Gasteiger partial charge in [0, 0.05) is 36.2 Å². The normalized spacial score (nSPS) is 18.5. The van der Waals surface area contributed by atoms with Gasteiger partial charge in [0.25, 0.3) is 5.56 Å². The zero-order valence-electron chi connectivity index (χ0n) is 16.8. The number of thioether (sulfide) groups is 1. The lowest BCUT2D eigenvalue weighted by Crippen LogP contribution is -2.28. The molecule has 1 amide bonds. The summed E-state index contributed by atoms with van der Waals surface area (Å²) in [5.74, 6) is 1.04. The molecule has 28 heavy (non-hydrogen) atoms. The Bertz CT molecular complexity index is 934. The molecule has 7 heteroatoms. The molecule has 152 valence electrons. The number of carbonyl (C=O) groups is 1. The van der Waals surface area contributed by atoms with Crippen LogP contribution in [0.1, 0.15) is 68.9 Å². The van der Waals surface area contributed by atoms with E-state index >= 15 is 0 Å². The lowest BCUT2D eigenvalue weighted by atomic mass is 10.1. The van der Waals surface area contributed by atoms with E-state index in [0.717, 1.165) is 59.9 Å². The number of hydrogen-bond donors (Lipinski definition) is 0. The van der Waals surface area contributed by atoms with Crippen LogP contribution in [0.2, 0.25) is 0 Å². The monoisotopic (exact) mass is 419 g/mol. The third-order valence-corrected chi connectivity index (χ3v) is 8.15. The van der Waals surface area contributed by atoms with Gasteiger partial charge >= 0.3 is 0 Å². The summed E-state index contributed by atoms with van der Waals surface area (Å²) in [6.45, 7) is 5.82. The highest BCUT2D eigenvalue weighted by molar-refractivity contribution is 7.99. The summed E-state index contributed by atoms with van der Waals surface area (Å²) in [5.41, 5.74) is 1.41. The molecule has 0 radical (unpaired) electrons. The number of fused-ring (bicyclic) bond motifs is 3. The Morgan fingerprint density at radius 1 is 1.14 bits per heavy atom. The standard InChI is InChI=1S/C21H29N3O2S2/c1-3-14(2)24-20(26)18-15-8-5-4-6-9-16(15)28-19(18)22-21(24)27-13-12-23-11-7-10-17(23)25/h14H,3-13H2,1-2H3. The van der Waals surface area contributed by atoms with Gasteiger partial charge in [-0.15, -0.1) is 11.3 Å². The Hall–Kier alpha value is -1.34. The van der Waals surface area contributed by atoms with Crippen molar-refractivity contribution in [2.45, 2.75) is 76.4 Å². The van der Waals surface area contributed by atoms with Crippen LogP contribution in [0.5, 0.6) is 0 Å². The molecule has 1 saturated heterocycles. The smallest absolute Gasteiger partial charge is 0.263 e. The minimum Gasteiger partial charge on any atom is -0.342 e. The molecule has 1 atom stereocenters. The fraction of sp³-hybridized carbons (Fsp3) is 0.667. The topological polar surface area (TPSA) is 55.2 Å². The average molecular weight is 420 g/mol. The van der Waals surface area contributed by atoms with Gasteiger partial charge in [0.15, 0.2) is 5.16 Å². The number of amides is 1. The first kappa shape index (κ1) is 20.0.